The fourth-order valence-corrected chi connectivity index (χ4v) is 2.64. The van der Waals surface area contributed by atoms with Gasteiger partial charge in [-0.1, -0.05) is 17.4 Å². The molecule has 6 heteroatoms. The number of carbonyl (C=O) groups is 1. The molecule has 0 aliphatic heterocycles. The van der Waals surface area contributed by atoms with Crippen LogP contribution in [0.3, 0.4) is 0 Å². The van der Waals surface area contributed by atoms with Crippen LogP contribution in [0, 0.1) is 0 Å². The van der Waals surface area contributed by atoms with Crippen molar-refractivity contribution in [3.05, 3.63) is 23.3 Å². The van der Waals surface area contributed by atoms with Crippen molar-refractivity contribution in [2.45, 2.75) is 13.5 Å². The summed E-state index contributed by atoms with van der Waals surface area (Å²) in [7, 11) is 1.58. The van der Waals surface area contributed by atoms with Crippen LogP contribution in [0.5, 0.6) is 0 Å². The monoisotopic (exact) mass is 266 g/mol. The number of nitrogen functional groups attached to an aromatic ring is 1. The van der Waals surface area contributed by atoms with Gasteiger partial charge < -0.3 is 15.2 Å². The lowest BCUT2D eigenvalue weighted by molar-refractivity contribution is 0.0524. The first-order valence-electron chi connectivity index (χ1n) is 5.51. The van der Waals surface area contributed by atoms with Gasteiger partial charge in [-0.25, -0.2) is 9.78 Å². The van der Waals surface area contributed by atoms with Crippen LogP contribution in [0.2, 0.25) is 0 Å². The lowest BCUT2D eigenvalue weighted by Gasteiger charge is -2.08. The quantitative estimate of drug-likeness (QED) is 0.859. The van der Waals surface area contributed by atoms with Crippen molar-refractivity contribution in [2.75, 3.05) is 19.5 Å². The van der Waals surface area contributed by atoms with Gasteiger partial charge in [0.1, 0.15) is 0 Å². The van der Waals surface area contributed by atoms with Crippen molar-refractivity contribution in [1.29, 1.82) is 0 Å². The van der Waals surface area contributed by atoms with Crippen LogP contribution in [0.25, 0.3) is 10.2 Å². The number of hydrogen-bond acceptors (Lipinski definition) is 6. The number of aromatic nitrogens is 1. The second-order valence-corrected chi connectivity index (χ2v) is 4.68. The van der Waals surface area contributed by atoms with E-state index in [0.29, 0.717) is 29.4 Å². The average Bonchev–Trinajstić information content (AvgIpc) is 2.69. The highest BCUT2D eigenvalue weighted by atomic mass is 32.1. The Morgan fingerprint density at radius 1 is 1.50 bits per heavy atom. The number of nitrogens with zero attached hydrogens (tertiary/aromatic N) is 1. The van der Waals surface area contributed by atoms with Gasteiger partial charge in [-0.3, -0.25) is 0 Å². The molecule has 0 bridgehead atoms. The average molecular weight is 266 g/mol. The van der Waals surface area contributed by atoms with Gasteiger partial charge in [0, 0.05) is 7.11 Å². The van der Waals surface area contributed by atoms with Crippen LogP contribution in [-0.2, 0) is 16.1 Å². The Morgan fingerprint density at radius 3 is 2.94 bits per heavy atom. The van der Waals surface area contributed by atoms with Gasteiger partial charge in [-0.2, -0.15) is 0 Å². The van der Waals surface area contributed by atoms with Crippen LogP contribution in [0.4, 0.5) is 5.13 Å². The number of nitrogens with two attached hydrogens (primary N) is 1. The number of thiazole rings is 1. The van der Waals surface area contributed by atoms with Crippen LogP contribution < -0.4 is 5.73 Å². The maximum absolute atomic E-state index is 12.0. The van der Waals surface area contributed by atoms with E-state index in [2.05, 4.69) is 4.98 Å². The number of ether oxygens (including phenoxy) is 2. The number of rotatable bonds is 4. The second-order valence-electron chi connectivity index (χ2n) is 3.65. The van der Waals surface area contributed by atoms with E-state index in [1.165, 1.54) is 11.3 Å². The van der Waals surface area contributed by atoms with Crippen molar-refractivity contribution in [3.8, 4) is 0 Å². The lowest BCUT2D eigenvalue weighted by atomic mass is 10.1. The molecule has 0 amide bonds. The predicted octanol–water partition coefficient (Wildman–Crippen LogP) is 2.20. The van der Waals surface area contributed by atoms with Gasteiger partial charge in [0.05, 0.1) is 29.0 Å². The predicted molar refractivity (Wildman–Crippen MR) is 70.7 cm³/mol. The largest absolute Gasteiger partial charge is 0.462 e. The topological polar surface area (TPSA) is 74.4 Å². The Morgan fingerprint density at radius 2 is 2.28 bits per heavy atom. The molecular weight excluding hydrogens is 252 g/mol. The highest BCUT2D eigenvalue weighted by Crippen LogP contribution is 2.30. The molecule has 1 heterocycles. The summed E-state index contributed by atoms with van der Waals surface area (Å²) in [5.74, 6) is -0.362. The summed E-state index contributed by atoms with van der Waals surface area (Å²) in [6, 6.07) is 3.65. The van der Waals surface area contributed by atoms with E-state index in [1.807, 2.05) is 12.1 Å². The Balaban J connectivity index is 2.61. The normalized spacial score (nSPS) is 10.8. The summed E-state index contributed by atoms with van der Waals surface area (Å²) in [4.78, 5) is 16.2. The molecule has 0 unspecified atom stereocenters. The number of methoxy groups -OCH3 is 1. The first-order valence-corrected chi connectivity index (χ1v) is 6.33. The molecule has 0 atom stereocenters. The molecule has 0 aliphatic rings. The summed E-state index contributed by atoms with van der Waals surface area (Å²) in [6.45, 7) is 2.45. The molecule has 0 radical (unpaired) electrons. The second kappa shape index (κ2) is 5.32. The molecule has 1 aromatic carbocycles. The highest BCUT2D eigenvalue weighted by molar-refractivity contribution is 7.22. The summed E-state index contributed by atoms with van der Waals surface area (Å²) < 4.78 is 10.9. The molecular formula is C12H14N2O3S. The fraction of sp³-hybridized carbons (Fsp3) is 0.333. The SMILES string of the molecule is CCOC(=O)c1c(COC)ccc2nc(N)sc12. The number of hydrogen-bond donors (Lipinski definition) is 1. The maximum Gasteiger partial charge on any atom is 0.340 e. The number of anilines is 1. The van der Waals surface area contributed by atoms with E-state index >= 15 is 0 Å². The third kappa shape index (κ3) is 2.30. The van der Waals surface area contributed by atoms with Crippen LogP contribution in [0.1, 0.15) is 22.8 Å². The first-order chi connectivity index (χ1) is 8.67. The molecule has 2 rings (SSSR count). The fourth-order valence-electron chi connectivity index (χ4n) is 1.75. The minimum Gasteiger partial charge on any atom is -0.462 e. The molecule has 0 aliphatic carbocycles. The van der Waals surface area contributed by atoms with Gasteiger partial charge in [-0.15, -0.1) is 0 Å². The molecule has 0 spiro atoms. The number of fused-ring (bicyclic) bond motifs is 1. The number of esters is 1. The van der Waals surface area contributed by atoms with Crippen LogP contribution >= 0.6 is 11.3 Å². The number of carbonyl (C=O) groups excluding carboxylic acids is 1. The molecule has 5 nitrogen and oxygen atoms in total. The van der Waals surface area contributed by atoms with Crippen molar-refractivity contribution < 1.29 is 14.3 Å². The molecule has 18 heavy (non-hydrogen) atoms. The van der Waals surface area contributed by atoms with E-state index in [-0.39, 0.29) is 5.97 Å². The zero-order chi connectivity index (χ0) is 13.1. The van der Waals surface area contributed by atoms with E-state index in [0.717, 1.165) is 10.3 Å². The zero-order valence-electron chi connectivity index (χ0n) is 10.2. The molecule has 0 fully saturated rings. The van der Waals surface area contributed by atoms with Crippen molar-refractivity contribution in [1.82, 2.24) is 4.98 Å². The third-order valence-corrected chi connectivity index (χ3v) is 3.36. The molecule has 0 saturated heterocycles. The minimum atomic E-state index is -0.362. The Labute approximate surface area is 109 Å². The Hall–Kier alpha value is -1.66. The summed E-state index contributed by atoms with van der Waals surface area (Å²) >= 11 is 1.28. The zero-order valence-corrected chi connectivity index (χ0v) is 11.0. The maximum atomic E-state index is 12.0. The standard InChI is InChI=1S/C12H14N2O3S/c1-3-17-11(15)9-7(6-16-2)4-5-8-10(9)18-12(13)14-8/h4-5H,3,6H2,1-2H3,(H2,13,14). The molecule has 2 N–H and O–H groups in total. The van der Waals surface area contributed by atoms with Crippen molar-refractivity contribution in [3.63, 3.8) is 0 Å². The van der Waals surface area contributed by atoms with E-state index < -0.39 is 0 Å². The van der Waals surface area contributed by atoms with Gasteiger partial charge >= 0.3 is 5.97 Å². The van der Waals surface area contributed by atoms with Crippen molar-refractivity contribution in [2.24, 2.45) is 0 Å². The molecule has 0 saturated carbocycles. The Kier molecular flexibility index (Phi) is 3.78. The minimum absolute atomic E-state index is 0.329. The van der Waals surface area contributed by atoms with E-state index in [9.17, 15) is 4.79 Å². The number of benzene rings is 1. The third-order valence-electron chi connectivity index (χ3n) is 2.44. The molecule has 96 valence electrons. The van der Waals surface area contributed by atoms with Gasteiger partial charge in [0.15, 0.2) is 5.13 Å². The van der Waals surface area contributed by atoms with E-state index in [1.54, 1.807) is 14.0 Å². The summed E-state index contributed by atoms with van der Waals surface area (Å²) in [5.41, 5.74) is 7.68. The molecule has 1 aromatic heterocycles. The summed E-state index contributed by atoms with van der Waals surface area (Å²) in [6.07, 6.45) is 0. The first kappa shape index (κ1) is 12.8. The molecule has 2 aromatic rings. The van der Waals surface area contributed by atoms with Crippen LogP contribution in [0.15, 0.2) is 12.1 Å². The highest BCUT2D eigenvalue weighted by Gasteiger charge is 2.19. The lowest BCUT2D eigenvalue weighted by Crippen LogP contribution is -2.09. The Bertz CT molecular complexity index is 580. The van der Waals surface area contributed by atoms with E-state index in [4.69, 9.17) is 15.2 Å². The summed E-state index contributed by atoms with van der Waals surface area (Å²) in [5, 5.41) is 0.435. The van der Waals surface area contributed by atoms with Crippen LogP contribution in [-0.4, -0.2) is 24.7 Å². The smallest absolute Gasteiger partial charge is 0.340 e. The van der Waals surface area contributed by atoms with Gasteiger partial charge in [0.2, 0.25) is 0 Å². The van der Waals surface area contributed by atoms with Gasteiger partial charge in [0.25, 0.3) is 0 Å². The van der Waals surface area contributed by atoms with Gasteiger partial charge in [-0.05, 0) is 18.6 Å². The van der Waals surface area contributed by atoms with Crippen molar-refractivity contribution >= 4 is 32.7 Å².